The number of amides is 3. The van der Waals surface area contributed by atoms with Crippen LogP contribution in [0, 0.1) is 26.7 Å². The predicted octanol–water partition coefficient (Wildman–Crippen LogP) is 8.68. The summed E-state index contributed by atoms with van der Waals surface area (Å²) in [4.78, 5) is 43.5. The maximum Gasteiger partial charge on any atom is 0.408 e. The van der Waals surface area contributed by atoms with E-state index in [4.69, 9.17) is 16.3 Å². The van der Waals surface area contributed by atoms with E-state index in [9.17, 15) is 14.4 Å². The molecule has 2 rings (SSSR count). The van der Waals surface area contributed by atoms with Gasteiger partial charge in [0.1, 0.15) is 17.7 Å². The van der Waals surface area contributed by atoms with E-state index in [-0.39, 0.29) is 17.7 Å². The second-order valence-electron chi connectivity index (χ2n) is 12.9. The van der Waals surface area contributed by atoms with Gasteiger partial charge < -0.3 is 20.3 Å². The fourth-order valence-corrected chi connectivity index (χ4v) is 5.53. The smallest absolute Gasteiger partial charge is 0.408 e. The van der Waals surface area contributed by atoms with Crippen LogP contribution in [0.15, 0.2) is 36.4 Å². The average Bonchev–Trinajstić information content (AvgIpc) is 2.89. The first-order valence-corrected chi connectivity index (χ1v) is 16.0. The summed E-state index contributed by atoms with van der Waals surface area (Å²) in [5.74, 6) is -0.557. The fraction of sp³-hybridized carbons (Fsp3) is 0.571. The zero-order chi connectivity index (χ0) is 32.3. The van der Waals surface area contributed by atoms with Gasteiger partial charge in [-0.25, -0.2) is 4.79 Å². The Morgan fingerprint density at radius 1 is 0.907 bits per heavy atom. The van der Waals surface area contributed by atoms with E-state index >= 15 is 0 Å². The molecule has 0 aliphatic rings. The van der Waals surface area contributed by atoms with Gasteiger partial charge in [0.25, 0.3) is 5.91 Å². The minimum absolute atomic E-state index is 0.105. The van der Waals surface area contributed by atoms with Gasteiger partial charge in [-0.1, -0.05) is 88.4 Å². The fourth-order valence-electron chi connectivity index (χ4n) is 5.26. The molecule has 0 aliphatic carbocycles. The number of carbonyl (C=O) groups is 3. The molecule has 2 N–H and O–H groups in total. The second kappa shape index (κ2) is 16.7. The molecule has 0 aromatic heterocycles. The molecule has 2 atom stereocenters. The normalized spacial score (nSPS) is 12.9. The van der Waals surface area contributed by atoms with Crippen LogP contribution in [0.5, 0.6) is 0 Å². The number of benzene rings is 2. The van der Waals surface area contributed by atoms with Crippen LogP contribution in [0.25, 0.3) is 0 Å². The number of hydrogen-bond donors (Lipinski definition) is 2. The van der Waals surface area contributed by atoms with Crippen LogP contribution in [-0.4, -0.2) is 41.0 Å². The van der Waals surface area contributed by atoms with Crippen LogP contribution in [0.4, 0.5) is 10.5 Å². The Bertz CT molecular complexity index is 1200. The van der Waals surface area contributed by atoms with Crippen LogP contribution < -0.4 is 10.6 Å². The summed E-state index contributed by atoms with van der Waals surface area (Å²) in [5, 5.41) is 6.31. The summed E-state index contributed by atoms with van der Waals surface area (Å²) >= 11 is 6.52. The summed E-state index contributed by atoms with van der Waals surface area (Å²) in [5.41, 5.74) is 3.20. The minimum Gasteiger partial charge on any atom is -0.444 e. The summed E-state index contributed by atoms with van der Waals surface area (Å²) in [7, 11) is 0. The Hall–Kier alpha value is -3.06. The van der Waals surface area contributed by atoms with Gasteiger partial charge in [-0.3, -0.25) is 9.59 Å². The molecule has 0 radical (unpaired) electrons. The van der Waals surface area contributed by atoms with Crippen LogP contribution in [0.3, 0.4) is 0 Å². The van der Waals surface area contributed by atoms with Crippen molar-refractivity contribution in [2.75, 3.05) is 11.9 Å². The third kappa shape index (κ3) is 11.2. The number of nitrogens with one attached hydrogen (secondary N) is 2. The maximum atomic E-state index is 14.6. The monoisotopic (exact) mass is 613 g/mol. The summed E-state index contributed by atoms with van der Waals surface area (Å²) in [6.07, 6.45) is 4.65. The van der Waals surface area contributed by atoms with Crippen LogP contribution in [0.2, 0.25) is 5.02 Å². The molecule has 238 valence electrons. The van der Waals surface area contributed by atoms with Crippen molar-refractivity contribution in [3.63, 3.8) is 0 Å². The molecule has 2 aromatic rings. The van der Waals surface area contributed by atoms with Gasteiger partial charge in [0.05, 0.1) is 10.7 Å². The summed E-state index contributed by atoms with van der Waals surface area (Å²) < 4.78 is 5.53. The van der Waals surface area contributed by atoms with Gasteiger partial charge in [0, 0.05) is 6.54 Å². The van der Waals surface area contributed by atoms with Crippen molar-refractivity contribution in [2.45, 2.75) is 119 Å². The van der Waals surface area contributed by atoms with Crippen molar-refractivity contribution in [3.8, 4) is 0 Å². The molecule has 3 amide bonds. The van der Waals surface area contributed by atoms with Gasteiger partial charge >= 0.3 is 6.09 Å². The number of hydrogen-bond acceptors (Lipinski definition) is 4. The molecule has 0 heterocycles. The van der Waals surface area contributed by atoms with Crippen molar-refractivity contribution in [1.82, 2.24) is 10.2 Å². The lowest BCUT2D eigenvalue weighted by molar-refractivity contribution is -0.141. The van der Waals surface area contributed by atoms with E-state index in [2.05, 4.69) is 17.6 Å². The zero-order valence-corrected chi connectivity index (χ0v) is 28.4. The molecular weight excluding hydrogens is 562 g/mol. The van der Waals surface area contributed by atoms with E-state index in [0.717, 1.165) is 54.4 Å². The maximum absolute atomic E-state index is 14.6. The Labute approximate surface area is 264 Å². The number of carbonyl (C=O) groups excluding carboxylic acids is 3. The van der Waals surface area contributed by atoms with E-state index in [1.54, 1.807) is 31.7 Å². The van der Waals surface area contributed by atoms with Crippen LogP contribution in [0.1, 0.15) is 108 Å². The number of ether oxygens (including phenoxy) is 1. The molecule has 7 nitrogen and oxygen atoms in total. The topological polar surface area (TPSA) is 87.7 Å². The molecule has 43 heavy (non-hydrogen) atoms. The highest BCUT2D eigenvalue weighted by Crippen LogP contribution is 2.33. The van der Waals surface area contributed by atoms with E-state index in [0.29, 0.717) is 23.7 Å². The first-order chi connectivity index (χ1) is 20.2. The molecule has 0 spiro atoms. The predicted molar refractivity (Wildman–Crippen MR) is 177 cm³/mol. The highest BCUT2D eigenvalue weighted by molar-refractivity contribution is 6.34. The number of halogens is 1. The Balaban J connectivity index is 2.65. The average molecular weight is 614 g/mol. The number of para-hydroxylation sites is 1. The van der Waals surface area contributed by atoms with Gasteiger partial charge in [-0.05, 0) is 88.6 Å². The molecule has 0 saturated heterocycles. The third-order valence-electron chi connectivity index (χ3n) is 7.33. The molecule has 0 saturated carbocycles. The highest BCUT2D eigenvalue weighted by Gasteiger charge is 2.38. The lowest BCUT2D eigenvalue weighted by Crippen LogP contribution is -2.53. The van der Waals surface area contributed by atoms with Crippen molar-refractivity contribution in [1.29, 1.82) is 0 Å². The number of aryl methyl sites for hydroxylation is 3. The van der Waals surface area contributed by atoms with Crippen LogP contribution >= 0.6 is 11.6 Å². The Morgan fingerprint density at radius 2 is 1.49 bits per heavy atom. The molecular formula is C35H52ClN3O4. The first kappa shape index (κ1) is 36.1. The largest absolute Gasteiger partial charge is 0.444 e. The van der Waals surface area contributed by atoms with Crippen LogP contribution in [-0.2, 0) is 14.3 Å². The zero-order valence-electron chi connectivity index (χ0n) is 27.6. The van der Waals surface area contributed by atoms with Gasteiger partial charge in [-0.15, -0.1) is 0 Å². The van der Waals surface area contributed by atoms with Gasteiger partial charge in [-0.2, -0.15) is 0 Å². The lowest BCUT2D eigenvalue weighted by Gasteiger charge is -2.36. The van der Waals surface area contributed by atoms with Crippen molar-refractivity contribution in [3.05, 3.63) is 63.7 Å². The van der Waals surface area contributed by atoms with E-state index in [1.807, 2.05) is 65.0 Å². The number of nitrogens with zero attached hydrogens (tertiary/aromatic N) is 1. The summed E-state index contributed by atoms with van der Waals surface area (Å²) in [6, 6.07) is 9.51. The Kier molecular flexibility index (Phi) is 14.0. The number of unbranched alkanes of at least 4 members (excludes halogenated alkanes) is 4. The number of rotatable bonds is 14. The first-order valence-electron chi connectivity index (χ1n) is 15.6. The Morgan fingerprint density at radius 3 is 2.05 bits per heavy atom. The van der Waals surface area contributed by atoms with E-state index < -0.39 is 23.8 Å². The van der Waals surface area contributed by atoms with Gasteiger partial charge in [0.15, 0.2) is 0 Å². The summed E-state index contributed by atoms with van der Waals surface area (Å²) in [6.45, 7) is 17.7. The molecule has 2 aromatic carbocycles. The number of alkyl carbamates (subject to hydrolysis) is 1. The van der Waals surface area contributed by atoms with Crippen molar-refractivity contribution < 1.29 is 19.1 Å². The molecule has 0 aliphatic heterocycles. The van der Waals surface area contributed by atoms with Crippen molar-refractivity contribution in [2.24, 2.45) is 5.92 Å². The standard InChI is InChI=1S/C35H52ClN3O4/c1-10-11-12-13-14-21-39(33(41)28(22-23(2)3)37-34(42)43-35(7,8)9)31(29-24(4)17-15-18-25(29)5)32(40)38-30-26(6)19-16-20-27(30)36/h15-20,23,28,31H,10-14,21-22H2,1-9H3,(H,37,42)(H,38,40). The molecule has 2 unspecified atom stereocenters. The minimum atomic E-state index is -0.939. The molecule has 0 fully saturated rings. The quantitative estimate of drug-likeness (QED) is 0.209. The van der Waals surface area contributed by atoms with Crippen molar-refractivity contribution >= 4 is 35.2 Å². The molecule has 0 bridgehead atoms. The SMILES string of the molecule is CCCCCCCN(C(=O)C(CC(C)C)NC(=O)OC(C)(C)C)C(C(=O)Nc1c(C)cccc1Cl)c1c(C)cccc1C. The third-order valence-corrected chi connectivity index (χ3v) is 7.64. The van der Waals surface area contributed by atoms with E-state index in [1.165, 1.54) is 0 Å². The number of anilines is 1. The van der Waals surface area contributed by atoms with Gasteiger partial charge in [0.2, 0.25) is 5.91 Å². The second-order valence-corrected chi connectivity index (χ2v) is 13.3. The molecule has 8 heteroatoms. The lowest BCUT2D eigenvalue weighted by atomic mass is 9.92. The highest BCUT2D eigenvalue weighted by atomic mass is 35.5.